The van der Waals surface area contributed by atoms with Gasteiger partial charge in [-0.1, -0.05) is 0 Å². The normalized spacial score (nSPS) is 17.2. The van der Waals surface area contributed by atoms with Crippen molar-refractivity contribution < 1.29 is 24.2 Å². The molecule has 1 aromatic carbocycles. The predicted octanol–water partition coefficient (Wildman–Crippen LogP) is 3.33. The zero-order chi connectivity index (χ0) is 23.0. The third kappa shape index (κ3) is 4.66. The SMILES string of the molecule is CC(C)(C)OC(=O)N1CCC(NC(=O)c2ccc3[nH]c4c(c3c2)CN(C(=O)O)CC4)CC1. The van der Waals surface area contributed by atoms with Gasteiger partial charge in [0.25, 0.3) is 5.91 Å². The molecular weight excluding hydrogens is 412 g/mol. The highest BCUT2D eigenvalue weighted by molar-refractivity contribution is 5.99. The molecule has 0 saturated carbocycles. The summed E-state index contributed by atoms with van der Waals surface area (Å²) in [5, 5.41) is 13.3. The molecule has 2 aromatic rings. The van der Waals surface area contributed by atoms with Crippen LogP contribution in [0.15, 0.2) is 18.2 Å². The van der Waals surface area contributed by atoms with Crippen molar-refractivity contribution in [3.05, 3.63) is 35.0 Å². The molecule has 3 amide bonds. The number of carboxylic acid groups (broad SMARTS) is 1. The molecule has 4 rings (SSSR count). The van der Waals surface area contributed by atoms with Crippen molar-refractivity contribution in [1.82, 2.24) is 20.1 Å². The monoisotopic (exact) mass is 442 g/mol. The average Bonchev–Trinajstić information content (AvgIpc) is 3.10. The third-order valence-corrected chi connectivity index (χ3v) is 5.99. The molecule has 9 heteroatoms. The highest BCUT2D eigenvalue weighted by Crippen LogP contribution is 2.29. The Kier molecular flexibility index (Phi) is 5.75. The van der Waals surface area contributed by atoms with Crippen molar-refractivity contribution >= 4 is 29.0 Å². The summed E-state index contributed by atoms with van der Waals surface area (Å²) in [6, 6.07) is 5.48. The van der Waals surface area contributed by atoms with Crippen molar-refractivity contribution in [3.63, 3.8) is 0 Å². The number of benzene rings is 1. The van der Waals surface area contributed by atoms with Crippen LogP contribution in [-0.2, 0) is 17.7 Å². The van der Waals surface area contributed by atoms with E-state index in [0.717, 1.165) is 22.2 Å². The number of likely N-dealkylation sites (tertiary alicyclic amines) is 1. The minimum atomic E-state index is -0.934. The Bertz CT molecular complexity index is 1050. The van der Waals surface area contributed by atoms with Gasteiger partial charge in [-0.25, -0.2) is 9.59 Å². The quantitative estimate of drug-likeness (QED) is 0.660. The summed E-state index contributed by atoms with van der Waals surface area (Å²) in [4.78, 5) is 42.9. The van der Waals surface area contributed by atoms with E-state index >= 15 is 0 Å². The van der Waals surface area contributed by atoms with Crippen molar-refractivity contribution in [2.75, 3.05) is 19.6 Å². The van der Waals surface area contributed by atoms with Crippen LogP contribution < -0.4 is 5.32 Å². The number of rotatable bonds is 2. The van der Waals surface area contributed by atoms with Crippen molar-refractivity contribution in [1.29, 1.82) is 0 Å². The lowest BCUT2D eigenvalue weighted by Gasteiger charge is -2.33. The molecule has 0 atom stereocenters. The molecule has 0 aliphatic carbocycles. The molecular formula is C23H30N4O5. The van der Waals surface area contributed by atoms with Gasteiger partial charge < -0.3 is 29.9 Å². The van der Waals surface area contributed by atoms with Crippen LogP contribution in [0.3, 0.4) is 0 Å². The van der Waals surface area contributed by atoms with Crippen LogP contribution in [0.2, 0.25) is 0 Å². The fourth-order valence-electron chi connectivity index (χ4n) is 4.32. The van der Waals surface area contributed by atoms with Crippen LogP contribution in [0.1, 0.15) is 55.2 Å². The molecule has 2 aliphatic rings. The second kappa shape index (κ2) is 8.37. The molecule has 0 bridgehead atoms. The average molecular weight is 443 g/mol. The second-order valence-corrected chi connectivity index (χ2v) is 9.51. The first kappa shape index (κ1) is 22.0. The number of piperidine rings is 1. The Morgan fingerprint density at radius 1 is 1.12 bits per heavy atom. The molecule has 1 fully saturated rings. The van der Waals surface area contributed by atoms with Gasteiger partial charge in [0.05, 0.1) is 6.54 Å². The number of aromatic nitrogens is 1. The van der Waals surface area contributed by atoms with E-state index in [9.17, 15) is 19.5 Å². The van der Waals surface area contributed by atoms with Gasteiger partial charge in [0.2, 0.25) is 0 Å². The lowest BCUT2D eigenvalue weighted by molar-refractivity contribution is 0.0199. The fourth-order valence-corrected chi connectivity index (χ4v) is 4.32. The zero-order valence-electron chi connectivity index (χ0n) is 18.7. The first-order chi connectivity index (χ1) is 15.1. The van der Waals surface area contributed by atoms with E-state index in [1.54, 1.807) is 11.0 Å². The molecule has 0 radical (unpaired) electrons. The molecule has 9 nitrogen and oxygen atoms in total. The van der Waals surface area contributed by atoms with Gasteiger partial charge >= 0.3 is 12.2 Å². The van der Waals surface area contributed by atoms with E-state index in [2.05, 4.69) is 10.3 Å². The van der Waals surface area contributed by atoms with Crippen molar-refractivity contribution in [2.45, 2.75) is 58.2 Å². The standard InChI is InChI=1S/C23H30N4O5/c1-23(2,3)32-22(31)26-9-6-15(7-10-26)24-20(28)14-4-5-18-16(12-14)17-13-27(21(29)30)11-8-19(17)25-18/h4-5,12,15,25H,6-11,13H2,1-3H3,(H,24,28)(H,29,30). The number of aromatic amines is 1. The predicted molar refractivity (Wildman–Crippen MR) is 119 cm³/mol. The smallest absolute Gasteiger partial charge is 0.410 e. The fraction of sp³-hybridized carbons (Fsp3) is 0.522. The molecule has 0 spiro atoms. The maximum atomic E-state index is 12.9. The molecule has 1 saturated heterocycles. The van der Waals surface area contributed by atoms with E-state index in [1.807, 2.05) is 32.9 Å². The Labute approximate surface area is 186 Å². The van der Waals surface area contributed by atoms with Gasteiger partial charge in [0.15, 0.2) is 0 Å². The number of amides is 3. The molecule has 3 heterocycles. The summed E-state index contributed by atoms with van der Waals surface area (Å²) in [7, 11) is 0. The number of hydrogen-bond donors (Lipinski definition) is 3. The third-order valence-electron chi connectivity index (χ3n) is 5.99. The highest BCUT2D eigenvalue weighted by Gasteiger charge is 2.28. The second-order valence-electron chi connectivity index (χ2n) is 9.51. The van der Waals surface area contributed by atoms with Crippen LogP contribution in [0.5, 0.6) is 0 Å². The summed E-state index contributed by atoms with van der Waals surface area (Å²) in [5.74, 6) is -0.163. The lowest BCUT2D eigenvalue weighted by atomic mass is 10.0. The molecule has 3 N–H and O–H groups in total. The Morgan fingerprint density at radius 3 is 2.50 bits per heavy atom. The number of carbonyl (C=O) groups excluding carboxylic acids is 2. The lowest BCUT2D eigenvalue weighted by Crippen LogP contribution is -2.47. The molecule has 2 aliphatic heterocycles. The highest BCUT2D eigenvalue weighted by atomic mass is 16.6. The van der Waals surface area contributed by atoms with E-state index < -0.39 is 11.7 Å². The number of H-pyrrole nitrogens is 1. The molecule has 172 valence electrons. The Morgan fingerprint density at radius 2 is 1.84 bits per heavy atom. The maximum Gasteiger partial charge on any atom is 0.410 e. The van der Waals surface area contributed by atoms with Gasteiger partial charge in [0.1, 0.15) is 5.60 Å². The number of nitrogens with zero attached hydrogens (tertiary/aromatic N) is 2. The minimum absolute atomic E-state index is 0.0143. The van der Waals surface area contributed by atoms with Gasteiger partial charge in [-0.2, -0.15) is 0 Å². The molecule has 1 aromatic heterocycles. The van der Waals surface area contributed by atoms with Crippen LogP contribution in [0, 0.1) is 0 Å². The zero-order valence-corrected chi connectivity index (χ0v) is 18.7. The number of ether oxygens (including phenoxy) is 1. The van der Waals surface area contributed by atoms with Crippen LogP contribution in [0.25, 0.3) is 10.9 Å². The van der Waals surface area contributed by atoms with E-state index in [-0.39, 0.29) is 18.0 Å². The van der Waals surface area contributed by atoms with Crippen LogP contribution in [-0.4, -0.2) is 69.3 Å². The van der Waals surface area contributed by atoms with E-state index in [0.29, 0.717) is 51.0 Å². The summed E-state index contributed by atoms with van der Waals surface area (Å²) < 4.78 is 5.42. The van der Waals surface area contributed by atoms with Crippen LogP contribution in [0.4, 0.5) is 9.59 Å². The number of nitrogens with one attached hydrogen (secondary N) is 2. The minimum Gasteiger partial charge on any atom is -0.465 e. The van der Waals surface area contributed by atoms with Crippen molar-refractivity contribution in [3.8, 4) is 0 Å². The van der Waals surface area contributed by atoms with Crippen LogP contribution >= 0.6 is 0 Å². The first-order valence-corrected chi connectivity index (χ1v) is 11.0. The summed E-state index contributed by atoms with van der Waals surface area (Å²) >= 11 is 0. The van der Waals surface area contributed by atoms with Gasteiger partial charge in [0, 0.05) is 59.8 Å². The molecule has 32 heavy (non-hydrogen) atoms. The Balaban J connectivity index is 1.40. The van der Waals surface area contributed by atoms with E-state index in [4.69, 9.17) is 4.74 Å². The number of carbonyl (C=O) groups is 3. The largest absolute Gasteiger partial charge is 0.465 e. The summed E-state index contributed by atoms with van der Waals surface area (Å²) in [6.07, 6.45) is 0.714. The van der Waals surface area contributed by atoms with Crippen molar-refractivity contribution in [2.24, 2.45) is 0 Å². The van der Waals surface area contributed by atoms with Gasteiger partial charge in [-0.15, -0.1) is 0 Å². The number of hydrogen-bond acceptors (Lipinski definition) is 4. The Hall–Kier alpha value is -3.23. The maximum absolute atomic E-state index is 12.9. The topological polar surface area (TPSA) is 115 Å². The molecule has 0 unspecified atom stereocenters. The summed E-state index contributed by atoms with van der Waals surface area (Å²) in [5.41, 5.74) is 2.89. The summed E-state index contributed by atoms with van der Waals surface area (Å²) in [6.45, 7) is 7.38. The number of fused-ring (bicyclic) bond motifs is 3. The van der Waals surface area contributed by atoms with E-state index in [1.165, 1.54) is 4.90 Å². The van der Waals surface area contributed by atoms with Gasteiger partial charge in [-0.3, -0.25) is 4.79 Å². The van der Waals surface area contributed by atoms with Gasteiger partial charge in [-0.05, 0) is 51.8 Å². The first-order valence-electron chi connectivity index (χ1n) is 11.0.